The lowest BCUT2D eigenvalue weighted by molar-refractivity contribution is -0.137. The molecule has 0 radical (unpaired) electrons. The number of para-hydroxylation sites is 1. The van der Waals surface area contributed by atoms with Crippen LogP contribution in [0.2, 0.25) is 0 Å². The van der Waals surface area contributed by atoms with E-state index in [2.05, 4.69) is 5.32 Å². The molecular weight excluding hydrogens is 445 g/mol. The molecule has 176 valence electrons. The third kappa shape index (κ3) is 6.62. The van der Waals surface area contributed by atoms with E-state index in [0.717, 1.165) is 18.2 Å². The topological polar surface area (TPSA) is 75.7 Å². The lowest BCUT2D eigenvalue weighted by Gasteiger charge is -2.30. The predicted molar refractivity (Wildman–Crippen MR) is 115 cm³/mol. The number of halogens is 3. The Labute approximate surface area is 186 Å². The van der Waals surface area contributed by atoms with Crippen LogP contribution in [0.3, 0.4) is 0 Å². The number of nitrogens with one attached hydrogen (secondary N) is 1. The van der Waals surface area contributed by atoms with Crippen LogP contribution in [-0.4, -0.2) is 31.4 Å². The Morgan fingerprint density at radius 3 is 2.34 bits per heavy atom. The highest BCUT2D eigenvalue weighted by Crippen LogP contribution is 2.32. The molecule has 2 amide bonds. The zero-order valence-electron chi connectivity index (χ0n) is 18.3. The van der Waals surface area contributed by atoms with Crippen LogP contribution < -0.4 is 9.50 Å². The summed E-state index contributed by atoms with van der Waals surface area (Å²) in [6.07, 6.45) is -4.03. The molecule has 10 heteroatoms. The highest BCUT2D eigenvalue weighted by atomic mass is 32.2. The fourth-order valence-electron chi connectivity index (χ4n) is 2.87. The second-order valence-electron chi connectivity index (χ2n) is 7.66. The highest BCUT2D eigenvalue weighted by molar-refractivity contribution is 7.87. The Balaban J connectivity index is 2.36. The molecule has 0 aromatic heterocycles. The molecule has 0 saturated heterocycles. The molecule has 0 spiro atoms. The summed E-state index contributed by atoms with van der Waals surface area (Å²) in [4.78, 5) is 13.6. The van der Waals surface area contributed by atoms with Gasteiger partial charge in [-0.2, -0.15) is 21.6 Å². The molecular formula is C22H27F3N2O4S. The van der Waals surface area contributed by atoms with Gasteiger partial charge in [0.05, 0.1) is 12.1 Å². The van der Waals surface area contributed by atoms with Gasteiger partial charge in [0.1, 0.15) is 10.6 Å². The van der Waals surface area contributed by atoms with E-state index in [9.17, 15) is 26.4 Å². The van der Waals surface area contributed by atoms with Gasteiger partial charge in [0.2, 0.25) is 0 Å². The van der Waals surface area contributed by atoms with E-state index < -0.39 is 26.8 Å². The molecule has 6 nitrogen and oxygen atoms in total. The van der Waals surface area contributed by atoms with Crippen LogP contribution in [0.4, 0.5) is 18.0 Å². The summed E-state index contributed by atoms with van der Waals surface area (Å²) in [5, 5.41) is 2.81. The Bertz CT molecular complexity index is 1040. The maximum Gasteiger partial charge on any atom is 0.416 e. The molecule has 0 heterocycles. The van der Waals surface area contributed by atoms with Crippen LogP contribution >= 0.6 is 0 Å². The van der Waals surface area contributed by atoms with E-state index in [-0.39, 0.29) is 30.4 Å². The van der Waals surface area contributed by atoms with Gasteiger partial charge in [0, 0.05) is 17.6 Å². The minimum Gasteiger partial charge on any atom is -0.379 e. The van der Waals surface area contributed by atoms with Gasteiger partial charge in [-0.05, 0) is 51.5 Å². The maximum atomic E-state index is 13.0. The number of urea groups is 1. The first-order chi connectivity index (χ1) is 14.8. The Morgan fingerprint density at radius 1 is 1.09 bits per heavy atom. The van der Waals surface area contributed by atoms with Crippen molar-refractivity contribution < 1.29 is 30.6 Å². The van der Waals surface area contributed by atoms with Gasteiger partial charge >= 0.3 is 22.3 Å². The minimum atomic E-state index is -4.69. The first-order valence-corrected chi connectivity index (χ1v) is 11.5. The number of nitrogens with zero attached hydrogens (tertiary/aromatic N) is 1. The second kappa shape index (κ2) is 10.2. The van der Waals surface area contributed by atoms with Gasteiger partial charge in [-0.3, -0.25) is 0 Å². The van der Waals surface area contributed by atoms with Crippen LogP contribution in [0, 0.1) is 0 Å². The van der Waals surface area contributed by atoms with Crippen LogP contribution in [0.1, 0.15) is 45.2 Å². The molecule has 0 bridgehead atoms. The van der Waals surface area contributed by atoms with Crippen molar-refractivity contribution in [3.05, 3.63) is 59.7 Å². The quantitative estimate of drug-likeness (QED) is 0.537. The molecule has 0 saturated carbocycles. The van der Waals surface area contributed by atoms with Crippen molar-refractivity contribution in [2.75, 3.05) is 0 Å². The van der Waals surface area contributed by atoms with Crippen LogP contribution in [-0.2, 0) is 22.8 Å². The molecule has 1 N–H and O–H groups in total. The number of hydrogen-bond donors (Lipinski definition) is 1. The second-order valence-corrected chi connectivity index (χ2v) is 9.21. The number of rotatable bonds is 8. The smallest absolute Gasteiger partial charge is 0.379 e. The van der Waals surface area contributed by atoms with E-state index >= 15 is 0 Å². The summed E-state index contributed by atoms with van der Waals surface area (Å²) in [5.41, 5.74) is -0.689. The fourth-order valence-corrected chi connectivity index (χ4v) is 3.88. The first-order valence-electron chi connectivity index (χ1n) is 10.1. The molecule has 2 rings (SSSR count). The van der Waals surface area contributed by atoms with E-state index in [1.807, 2.05) is 27.7 Å². The van der Waals surface area contributed by atoms with Crippen LogP contribution in [0.25, 0.3) is 0 Å². The Hall–Kier alpha value is -2.75. The minimum absolute atomic E-state index is 0.0574. The largest absolute Gasteiger partial charge is 0.416 e. The molecule has 2 aromatic rings. The number of amides is 2. The van der Waals surface area contributed by atoms with Gasteiger partial charge in [0.25, 0.3) is 0 Å². The van der Waals surface area contributed by atoms with Crippen molar-refractivity contribution in [1.29, 1.82) is 0 Å². The summed E-state index contributed by atoms with van der Waals surface area (Å²) in [7, 11) is -4.54. The Morgan fingerprint density at radius 2 is 1.75 bits per heavy atom. The summed E-state index contributed by atoms with van der Waals surface area (Å²) in [6.45, 7) is 7.49. The van der Waals surface area contributed by atoms with Gasteiger partial charge < -0.3 is 14.4 Å². The zero-order valence-corrected chi connectivity index (χ0v) is 19.1. The molecule has 0 aliphatic rings. The summed E-state index contributed by atoms with van der Waals surface area (Å²) in [5.74, 6) is -0.0597. The van der Waals surface area contributed by atoms with Crippen molar-refractivity contribution in [3.63, 3.8) is 0 Å². The normalized spacial score (nSPS) is 13.0. The number of alkyl halides is 3. The number of carbonyl (C=O) groups excluding carboxylic acids is 1. The predicted octanol–water partition coefficient (Wildman–Crippen LogP) is 5.19. The molecule has 1 atom stereocenters. The van der Waals surface area contributed by atoms with Gasteiger partial charge in [-0.1, -0.05) is 31.2 Å². The average Bonchev–Trinajstić information content (AvgIpc) is 2.71. The van der Waals surface area contributed by atoms with Crippen molar-refractivity contribution in [2.24, 2.45) is 0 Å². The van der Waals surface area contributed by atoms with E-state index in [1.165, 1.54) is 6.07 Å². The molecule has 32 heavy (non-hydrogen) atoms. The summed E-state index contributed by atoms with van der Waals surface area (Å²) >= 11 is 0. The maximum absolute atomic E-state index is 13.0. The zero-order chi connectivity index (χ0) is 24.1. The van der Waals surface area contributed by atoms with Crippen molar-refractivity contribution >= 4 is 16.1 Å². The van der Waals surface area contributed by atoms with Crippen molar-refractivity contribution in [1.82, 2.24) is 10.2 Å². The van der Waals surface area contributed by atoms with Crippen molar-refractivity contribution in [3.8, 4) is 5.75 Å². The molecule has 0 aliphatic carbocycles. The van der Waals surface area contributed by atoms with Crippen LogP contribution in [0.5, 0.6) is 5.75 Å². The molecule has 0 unspecified atom stereocenters. The average molecular weight is 473 g/mol. The van der Waals surface area contributed by atoms with Gasteiger partial charge in [0.15, 0.2) is 0 Å². The number of benzene rings is 2. The Kier molecular flexibility index (Phi) is 8.17. The van der Waals surface area contributed by atoms with Gasteiger partial charge in [-0.15, -0.1) is 0 Å². The molecule has 2 aromatic carbocycles. The highest BCUT2D eigenvalue weighted by Gasteiger charge is 2.32. The SMILES string of the molecule is CC[C@@H](C)N(Cc1ccccc1OS(=O)(=O)c1cccc(C(F)(F)F)c1)C(=O)NC(C)C. The lowest BCUT2D eigenvalue weighted by atomic mass is 10.1. The standard InChI is InChI=1S/C22H27F3N2O4S/c1-5-16(4)27(21(28)26-15(2)3)14-17-9-6-7-12-20(17)31-32(29,30)19-11-8-10-18(13-19)22(23,24)25/h6-13,15-16H,5,14H2,1-4H3,(H,26,28)/t16-/m1/s1. The third-order valence-corrected chi connectivity index (χ3v) is 5.99. The fraction of sp³-hybridized carbons (Fsp3) is 0.409. The molecule has 0 fully saturated rings. The monoisotopic (exact) mass is 472 g/mol. The number of carbonyl (C=O) groups is 1. The summed E-state index contributed by atoms with van der Waals surface area (Å²) < 4.78 is 69.6. The van der Waals surface area contributed by atoms with Gasteiger partial charge in [-0.25, -0.2) is 4.79 Å². The lowest BCUT2D eigenvalue weighted by Crippen LogP contribution is -2.46. The first kappa shape index (κ1) is 25.5. The van der Waals surface area contributed by atoms with E-state index in [4.69, 9.17) is 4.18 Å². The van der Waals surface area contributed by atoms with E-state index in [1.54, 1.807) is 23.1 Å². The molecule has 0 aliphatic heterocycles. The summed E-state index contributed by atoms with van der Waals surface area (Å²) in [6, 6.07) is 9.00. The third-order valence-electron chi connectivity index (χ3n) is 4.76. The van der Waals surface area contributed by atoms with Crippen LogP contribution in [0.15, 0.2) is 53.4 Å². The van der Waals surface area contributed by atoms with Crippen molar-refractivity contribution in [2.45, 2.75) is 63.8 Å². The van der Waals surface area contributed by atoms with E-state index in [0.29, 0.717) is 18.1 Å². The number of hydrogen-bond acceptors (Lipinski definition) is 4.